The predicted octanol–water partition coefficient (Wildman–Crippen LogP) is 4.62. The van der Waals surface area contributed by atoms with E-state index in [1.54, 1.807) is 6.07 Å². The van der Waals surface area contributed by atoms with E-state index in [2.05, 4.69) is 6.58 Å². The lowest BCUT2D eigenvalue weighted by Crippen LogP contribution is -2.38. The first-order valence-electron chi connectivity index (χ1n) is 9.31. The molecule has 3 rings (SSSR count). The molecule has 0 radical (unpaired) electrons. The molecule has 1 heterocycles. The third-order valence-electron chi connectivity index (χ3n) is 5.02. The van der Waals surface area contributed by atoms with E-state index in [4.69, 9.17) is 4.74 Å². The summed E-state index contributed by atoms with van der Waals surface area (Å²) >= 11 is 0. The molecule has 0 fully saturated rings. The van der Waals surface area contributed by atoms with Gasteiger partial charge >= 0.3 is 5.97 Å². The van der Waals surface area contributed by atoms with Crippen LogP contribution < -0.4 is 0 Å². The Morgan fingerprint density at radius 1 is 1.17 bits per heavy atom. The van der Waals surface area contributed by atoms with E-state index >= 15 is 0 Å². The number of halogens is 3. The second kappa shape index (κ2) is 8.98. The predicted molar refractivity (Wildman–Crippen MR) is 105 cm³/mol. The van der Waals surface area contributed by atoms with Crippen molar-refractivity contribution in [1.82, 2.24) is 4.90 Å². The van der Waals surface area contributed by atoms with E-state index in [9.17, 15) is 22.8 Å². The number of ether oxygens (including phenoxy) is 1. The van der Waals surface area contributed by atoms with E-state index in [1.807, 2.05) is 0 Å². The Labute approximate surface area is 172 Å². The van der Waals surface area contributed by atoms with Gasteiger partial charge in [0.05, 0.1) is 12.1 Å². The monoisotopic (exact) mass is 415 g/mol. The van der Waals surface area contributed by atoms with Gasteiger partial charge in [0, 0.05) is 23.6 Å². The number of benzene rings is 2. The molecule has 1 unspecified atom stereocenters. The number of hydrogen-bond donors (Lipinski definition) is 0. The van der Waals surface area contributed by atoms with E-state index in [0.717, 1.165) is 6.07 Å². The number of rotatable bonds is 6. The summed E-state index contributed by atoms with van der Waals surface area (Å²) in [6, 6.07) is 9.54. The first kappa shape index (κ1) is 21.4. The molecule has 0 bridgehead atoms. The largest absolute Gasteiger partial charge is 0.458 e. The van der Waals surface area contributed by atoms with E-state index in [-0.39, 0.29) is 42.0 Å². The van der Waals surface area contributed by atoms with Crippen molar-refractivity contribution in [2.45, 2.75) is 25.8 Å². The van der Waals surface area contributed by atoms with Crippen molar-refractivity contribution in [2.75, 3.05) is 6.61 Å². The molecule has 156 valence electrons. The molecule has 0 spiro atoms. The summed E-state index contributed by atoms with van der Waals surface area (Å²) < 4.78 is 47.3. The van der Waals surface area contributed by atoms with Crippen LogP contribution in [0.2, 0.25) is 0 Å². The van der Waals surface area contributed by atoms with Gasteiger partial charge in [0.2, 0.25) is 5.91 Å². The Bertz CT molecular complexity index is 1030. The third kappa shape index (κ3) is 4.15. The standard InChI is InChI=1S/C23H20F3NO3/c1-3-11-30-23(29)21-14(2)27(13-15-7-6-10-19(25)22(15)26)20(28)12-17(21)16-8-4-5-9-18(16)24/h3-10,17H,1,11-13H2,2H3. The van der Waals surface area contributed by atoms with Gasteiger partial charge in [-0.25, -0.2) is 18.0 Å². The summed E-state index contributed by atoms with van der Waals surface area (Å²) in [4.78, 5) is 26.8. The number of amides is 1. The molecule has 2 aromatic rings. The molecule has 0 saturated heterocycles. The van der Waals surface area contributed by atoms with Crippen LogP contribution in [0.25, 0.3) is 0 Å². The second-order valence-corrected chi connectivity index (χ2v) is 6.86. The normalized spacial score (nSPS) is 16.6. The summed E-state index contributed by atoms with van der Waals surface area (Å²) in [7, 11) is 0. The third-order valence-corrected chi connectivity index (χ3v) is 5.02. The Kier molecular flexibility index (Phi) is 6.40. The minimum Gasteiger partial charge on any atom is -0.458 e. The average Bonchev–Trinajstić information content (AvgIpc) is 2.72. The van der Waals surface area contributed by atoms with Gasteiger partial charge in [-0.05, 0) is 24.6 Å². The first-order chi connectivity index (χ1) is 14.3. The highest BCUT2D eigenvalue weighted by Crippen LogP contribution is 2.38. The number of allylic oxidation sites excluding steroid dienone is 1. The van der Waals surface area contributed by atoms with E-state index < -0.39 is 35.2 Å². The van der Waals surface area contributed by atoms with Gasteiger partial charge in [-0.1, -0.05) is 43.0 Å². The number of carbonyl (C=O) groups is 2. The van der Waals surface area contributed by atoms with Crippen molar-refractivity contribution in [3.63, 3.8) is 0 Å². The zero-order chi connectivity index (χ0) is 21.8. The SMILES string of the molecule is C=CCOC(=O)C1=C(C)N(Cc2cccc(F)c2F)C(=O)CC1c1ccccc1F. The summed E-state index contributed by atoms with van der Waals surface area (Å²) in [6.45, 7) is 4.67. The van der Waals surface area contributed by atoms with Crippen LogP contribution in [0.4, 0.5) is 13.2 Å². The Morgan fingerprint density at radius 2 is 1.87 bits per heavy atom. The van der Waals surface area contributed by atoms with Crippen LogP contribution in [-0.4, -0.2) is 23.4 Å². The van der Waals surface area contributed by atoms with Crippen LogP contribution >= 0.6 is 0 Å². The van der Waals surface area contributed by atoms with Crippen LogP contribution in [-0.2, 0) is 20.9 Å². The van der Waals surface area contributed by atoms with Crippen LogP contribution in [0, 0.1) is 17.5 Å². The zero-order valence-electron chi connectivity index (χ0n) is 16.3. The summed E-state index contributed by atoms with van der Waals surface area (Å²) in [5.41, 5.74) is 0.453. The van der Waals surface area contributed by atoms with Crippen LogP contribution in [0.1, 0.15) is 30.4 Å². The highest BCUT2D eigenvalue weighted by molar-refractivity contribution is 5.96. The van der Waals surface area contributed by atoms with Gasteiger partial charge in [0.1, 0.15) is 12.4 Å². The minimum atomic E-state index is -1.06. The van der Waals surface area contributed by atoms with E-state index in [0.29, 0.717) is 0 Å². The van der Waals surface area contributed by atoms with Gasteiger partial charge in [-0.3, -0.25) is 4.79 Å². The molecule has 0 saturated carbocycles. The fraction of sp³-hybridized carbons (Fsp3) is 0.217. The molecule has 4 nitrogen and oxygen atoms in total. The first-order valence-corrected chi connectivity index (χ1v) is 9.31. The van der Waals surface area contributed by atoms with Crippen molar-refractivity contribution in [3.8, 4) is 0 Å². The number of hydrogen-bond acceptors (Lipinski definition) is 3. The quantitative estimate of drug-likeness (QED) is 0.511. The fourth-order valence-electron chi connectivity index (χ4n) is 3.54. The molecule has 1 atom stereocenters. The molecule has 7 heteroatoms. The maximum atomic E-state index is 14.5. The highest BCUT2D eigenvalue weighted by Gasteiger charge is 2.38. The molecule has 0 aliphatic carbocycles. The van der Waals surface area contributed by atoms with Crippen molar-refractivity contribution >= 4 is 11.9 Å². The van der Waals surface area contributed by atoms with Crippen molar-refractivity contribution < 1.29 is 27.5 Å². The molecule has 0 N–H and O–H groups in total. The van der Waals surface area contributed by atoms with Gasteiger partial charge in [0.15, 0.2) is 11.6 Å². The lowest BCUT2D eigenvalue weighted by molar-refractivity contribution is -0.139. The topological polar surface area (TPSA) is 46.6 Å². The highest BCUT2D eigenvalue weighted by atomic mass is 19.2. The minimum absolute atomic E-state index is 0.0362. The smallest absolute Gasteiger partial charge is 0.336 e. The van der Waals surface area contributed by atoms with Crippen molar-refractivity contribution in [3.05, 3.63) is 95.0 Å². The molecule has 1 aliphatic rings. The number of carbonyl (C=O) groups excluding carboxylic acids is 2. The molecule has 0 aromatic heterocycles. The molecular weight excluding hydrogens is 395 g/mol. The van der Waals surface area contributed by atoms with Crippen LogP contribution in [0.15, 0.2) is 66.4 Å². The Hall–Kier alpha value is -3.35. The lowest BCUT2D eigenvalue weighted by atomic mass is 9.83. The van der Waals surface area contributed by atoms with Crippen LogP contribution in [0.3, 0.4) is 0 Å². The van der Waals surface area contributed by atoms with Crippen LogP contribution in [0.5, 0.6) is 0 Å². The van der Waals surface area contributed by atoms with Gasteiger partial charge in [-0.15, -0.1) is 0 Å². The summed E-state index contributed by atoms with van der Waals surface area (Å²) in [5.74, 6) is -4.67. The number of esters is 1. The molecule has 2 aromatic carbocycles. The van der Waals surface area contributed by atoms with E-state index in [1.165, 1.54) is 48.2 Å². The lowest BCUT2D eigenvalue weighted by Gasteiger charge is -2.34. The maximum Gasteiger partial charge on any atom is 0.336 e. The van der Waals surface area contributed by atoms with Crippen molar-refractivity contribution in [1.29, 1.82) is 0 Å². The Morgan fingerprint density at radius 3 is 2.57 bits per heavy atom. The average molecular weight is 415 g/mol. The maximum absolute atomic E-state index is 14.5. The zero-order valence-corrected chi connectivity index (χ0v) is 16.3. The van der Waals surface area contributed by atoms with Gasteiger partial charge in [0.25, 0.3) is 0 Å². The molecular formula is C23H20F3NO3. The molecule has 1 aliphatic heterocycles. The molecule has 1 amide bonds. The van der Waals surface area contributed by atoms with Gasteiger partial charge < -0.3 is 9.64 Å². The number of nitrogens with zero attached hydrogens (tertiary/aromatic N) is 1. The summed E-state index contributed by atoms with van der Waals surface area (Å²) in [5, 5.41) is 0. The fourth-order valence-corrected chi connectivity index (χ4v) is 3.54. The van der Waals surface area contributed by atoms with Gasteiger partial charge in [-0.2, -0.15) is 0 Å². The Balaban J connectivity index is 2.07. The van der Waals surface area contributed by atoms with Crippen molar-refractivity contribution in [2.24, 2.45) is 0 Å². The molecule has 30 heavy (non-hydrogen) atoms. The second-order valence-electron chi connectivity index (χ2n) is 6.86. The summed E-state index contributed by atoms with van der Waals surface area (Å²) in [6.07, 6.45) is 1.17.